The van der Waals surface area contributed by atoms with Crippen molar-refractivity contribution in [3.05, 3.63) is 16.7 Å². The quantitative estimate of drug-likeness (QED) is 0.482. The van der Waals surface area contributed by atoms with Gasteiger partial charge in [-0.05, 0) is 0 Å². The number of hydrogen-bond donors (Lipinski definition) is 4. The average Bonchev–Trinajstić information content (AvgIpc) is 2.61. The molecule has 0 saturated carbocycles. The molecule has 0 amide bonds. The van der Waals surface area contributed by atoms with Crippen LogP contribution in [-0.2, 0) is 4.74 Å². The molecule has 100 valence electrons. The molecular weight excluding hydrogens is 247 g/mol. The number of aliphatic hydroxyl groups is 2. The zero-order valence-corrected chi connectivity index (χ0v) is 9.23. The van der Waals surface area contributed by atoms with Crippen molar-refractivity contribution >= 4 is 11.5 Å². The van der Waals surface area contributed by atoms with Gasteiger partial charge in [-0.1, -0.05) is 0 Å². The van der Waals surface area contributed by atoms with E-state index in [1.807, 2.05) is 0 Å². The van der Waals surface area contributed by atoms with Gasteiger partial charge in [-0.25, -0.2) is 9.18 Å². The third-order valence-corrected chi connectivity index (χ3v) is 2.76. The number of ether oxygens (including phenoxy) is 1. The van der Waals surface area contributed by atoms with Crippen LogP contribution in [0.15, 0.2) is 11.0 Å². The predicted molar refractivity (Wildman–Crippen MR) is 59.2 cm³/mol. The Morgan fingerprint density at radius 1 is 1.56 bits per heavy atom. The third-order valence-electron chi connectivity index (χ3n) is 2.76. The van der Waals surface area contributed by atoms with Gasteiger partial charge in [-0.3, -0.25) is 4.57 Å². The fourth-order valence-corrected chi connectivity index (χ4v) is 1.76. The Balaban J connectivity index is 2.39. The summed E-state index contributed by atoms with van der Waals surface area (Å²) < 4.78 is 19.6. The zero-order chi connectivity index (χ0) is 13.4. The molecular formula is C9H13FN4O4. The van der Waals surface area contributed by atoms with Crippen LogP contribution in [0.3, 0.4) is 0 Å². The number of anilines is 2. The first-order valence-corrected chi connectivity index (χ1v) is 5.18. The molecule has 1 aliphatic heterocycles. The topological polar surface area (TPSA) is 137 Å². The van der Waals surface area contributed by atoms with Crippen LogP contribution >= 0.6 is 0 Å². The minimum atomic E-state index is -1.87. The molecule has 2 heterocycles. The van der Waals surface area contributed by atoms with Crippen LogP contribution in [0.4, 0.5) is 15.9 Å². The van der Waals surface area contributed by atoms with Gasteiger partial charge < -0.3 is 26.4 Å². The Kier molecular flexibility index (Phi) is 3.20. The van der Waals surface area contributed by atoms with Crippen molar-refractivity contribution in [3.8, 4) is 0 Å². The lowest BCUT2D eigenvalue weighted by Gasteiger charge is -2.16. The normalized spacial score (nSPS) is 31.7. The van der Waals surface area contributed by atoms with E-state index >= 15 is 0 Å². The third kappa shape index (κ3) is 1.92. The molecule has 4 atom stereocenters. The number of hydrogen-bond acceptors (Lipinski definition) is 7. The lowest BCUT2D eigenvalue weighted by Crippen LogP contribution is -2.34. The lowest BCUT2D eigenvalue weighted by molar-refractivity contribution is -0.0490. The lowest BCUT2D eigenvalue weighted by atomic mass is 10.1. The SMILES string of the molecule is Nc1cn([C@@H]2O[C@H](CO)[C@@H](O)[C@H]2F)c(=O)nc1N. The second-order valence-electron chi connectivity index (χ2n) is 3.95. The summed E-state index contributed by atoms with van der Waals surface area (Å²) in [5.74, 6) is -0.163. The van der Waals surface area contributed by atoms with Crippen LogP contribution in [0.25, 0.3) is 0 Å². The number of alkyl halides is 1. The second kappa shape index (κ2) is 4.52. The molecule has 1 aliphatic rings. The van der Waals surface area contributed by atoms with E-state index in [0.717, 1.165) is 10.8 Å². The van der Waals surface area contributed by atoms with Crippen LogP contribution in [0.1, 0.15) is 6.23 Å². The Morgan fingerprint density at radius 3 is 2.78 bits per heavy atom. The standard InChI is InChI=1S/C9H13FN4O4/c10-5-6(16)4(2-15)18-8(5)14-1-3(11)7(12)13-9(14)17/h1,4-6,8,15-16H,2,11H2,(H2,12,13,17)/t4-,5-,6-,8-/m1/s1. The van der Waals surface area contributed by atoms with Crippen LogP contribution in [0.5, 0.6) is 0 Å². The highest BCUT2D eigenvalue weighted by atomic mass is 19.1. The van der Waals surface area contributed by atoms with Gasteiger partial charge >= 0.3 is 5.69 Å². The summed E-state index contributed by atoms with van der Waals surface area (Å²) >= 11 is 0. The predicted octanol–water partition coefficient (Wildman–Crippen LogP) is -2.00. The van der Waals surface area contributed by atoms with Crippen LogP contribution in [0, 0.1) is 0 Å². The summed E-state index contributed by atoms with van der Waals surface area (Å²) in [5.41, 5.74) is 9.94. The van der Waals surface area contributed by atoms with E-state index < -0.39 is 36.9 Å². The zero-order valence-electron chi connectivity index (χ0n) is 9.23. The Morgan fingerprint density at radius 2 is 2.22 bits per heavy atom. The van der Waals surface area contributed by atoms with E-state index in [2.05, 4.69) is 4.98 Å². The summed E-state index contributed by atoms with van der Waals surface area (Å²) in [4.78, 5) is 14.9. The summed E-state index contributed by atoms with van der Waals surface area (Å²) in [5, 5.41) is 18.3. The molecule has 1 fully saturated rings. The highest BCUT2D eigenvalue weighted by molar-refractivity contribution is 5.55. The molecule has 0 bridgehead atoms. The van der Waals surface area contributed by atoms with E-state index in [1.54, 1.807) is 0 Å². The number of halogens is 1. The first-order chi connectivity index (χ1) is 8.45. The van der Waals surface area contributed by atoms with E-state index in [0.29, 0.717) is 0 Å². The number of nitrogen functional groups attached to an aromatic ring is 2. The molecule has 0 aromatic carbocycles. The Labute approximate surface area is 101 Å². The molecule has 18 heavy (non-hydrogen) atoms. The molecule has 1 aromatic rings. The monoisotopic (exact) mass is 260 g/mol. The van der Waals surface area contributed by atoms with Crippen molar-refractivity contribution in [2.45, 2.75) is 24.6 Å². The minimum absolute atomic E-state index is 0.00709. The number of nitrogens with zero attached hydrogens (tertiary/aromatic N) is 2. The second-order valence-corrected chi connectivity index (χ2v) is 3.95. The molecule has 9 heteroatoms. The minimum Gasteiger partial charge on any atom is -0.395 e. The smallest absolute Gasteiger partial charge is 0.351 e. The van der Waals surface area contributed by atoms with Gasteiger partial charge in [0.25, 0.3) is 0 Å². The number of nitrogens with two attached hydrogens (primary N) is 2. The van der Waals surface area contributed by atoms with E-state index in [9.17, 15) is 14.3 Å². The summed E-state index contributed by atoms with van der Waals surface area (Å²) in [6, 6.07) is 0. The molecule has 2 rings (SSSR count). The largest absolute Gasteiger partial charge is 0.395 e. The van der Waals surface area contributed by atoms with Crippen molar-refractivity contribution in [3.63, 3.8) is 0 Å². The van der Waals surface area contributed by atoms with Crippen molar-refractivity contribution in [2.75, 3.05) is 18.1 Å². The molecule has 1 aromatic heterocycles. The number of aliphatic hydroxyl groups excluding tert-OH is 2. The summed E-state index contributed by atoms with van der Waals surface area (Å²) in [6.45, 7) is -0.565. The maximum absolute atomic E-state index is 13.8. The highest BCUT2D eigenvalue weighted by Gasteiger charge is 2.45. The molecule has 6 N–H and O–H groups in total. The van der Waals surface area contributed by atoms with Crippen LogP contribution in [0.2, 0.25) is 0 Å². The van der Waals surface area contributed by atoms with Gasteiger partial charge in [0.05, 0.1) is 12.3 Å². The molecule has 8 nitrogen and oxygen atoms in total. The van der Waals surface area contributed by atoms with Gasteiger partial charge in [-0.2, -0.15) is 4.98 Å². The van der Waals surface area contributed by atoms with Gasteiger partial charge in [-0.15, -0.1) is 0 Å². The van der Waals surface area contributed by atoms with Crippen LogP contribution < -0.4 is 17.2 Å². The maximum atomic E-state index is 13.8. The number of rotatable bonds is 2. The fourth-order valence-electron chi connectivity index (χ4n) is 1.76. The Bertz CT molecular complexity index is 508. The summed E-state index contributed by atoms with van der Waals surface area (Å²) in [7, 11) is 0. The number of aromatic nitrogens is 2. The van der Waals surface area contributed by atoms with Crippen molar-refractivity contribution in [1.82, 2.24) is 9.55 Å². The maximum Gasteiger partial charge on any atom is 0.351 e. The van der Waals surface area contributed by atoms with E-state index in [1.165, 1.54) is 0 Å². The first-order valence-electron chi connectivity index (χ1n) is 5.18. The van der Waals surface area contributed by atoms with Crippen LogP contribution in [-0.4, -0.2) is 44.8 Å². The fraction of sp³-hybridized carbons (Fsp3) is 0.556. The van der Waals surface area contributed by atoms with Crippen molar-refractivity contribution in [1.29, 1.82) is 0 Å². The van der Waals surface area contributed by atoms with Gasteiger partial charge in [0.15, 0.2) is 18.2 Å². The van der Waals surface area contributed by atoms with Gasteiger partial charge in [0.1, 0.15) is 12.2 Å². The molecule has 1 saturated heterocycles. The molecule has 0 unspecified atom stereocenters. The average molecular weight is 260 g/mol. The first kappa shape index (κ1) is 12.7. The summed E-state index contributed by atoms with van der Waals surface area (Å²) in [6.07, 6.45) is -4.79. The Hall–Kier alpha value is -1.71. The molecule has 0 aliphatic carbocycles. The van der Waals surface area contributed by atoms with Crippen molar-refractivity contribution < 1.29 is 19.3 Å². The molecule has 0 spiro atoms. The van der Waals surface area contributed by atoms with Crippen molar-refractivity contribution in [2.24, 2.45) is 0 Å². The van der Waals surface area contributed by atoms with Gasteiger partial charge in [0, 0.05) is 6.20 Å². The van der Waals surface area contributed by atoms with E-state index in [-0.39, 0.29) is 11.5 Å². The van der Waals surface area contributed by atoms with Gasteiger partial charge in [0.2, 0.25) is 0 Å². The van der Waals surface area contributed by atoms with E-state index in [4.69, 9.17) is 21.3 Å². The highest BCUT2D eigenvalue weighted by Crippen LogP contribution is 2.31. The molecule has 0 radical (unpaired) electrons.